The van der Waals surface area contributed by atoms with Crippen molar-refractivity contribution in [2.24, 2.45) is 0 Å². The van der Waals surface area contributed by atoms with Crippen molar-refractivity contribution in [1.82, 2.24) is 0 Å². The lowest BCUT2D eigenvalue weighted by molar-refractivity contribution is 1.62. The highest BCUT2D eigenvalue weighted by Gasteiger charge is 1.71. The molecule has 0 N–H and O–H groups in total. The highest BCUT2D eigenvalue weighted by Crippen LogP contribution is 1.99. The van der Waals surface area contributed by atoms with Crippen LogP contribution in [0.1, 0.15) is 4.88 Å². The first-order chi connectivity index (χ1) is 4.89. The zero-order chi connectivity index (χ0) is 7.23. The number of hydrogen-bond acceptors (Lipinski definition) is 1. The van der Waals surface area contributed by atoms with Gasteiger partial charge in [0.2, 0.25) is 0 Å². The lowest BCUT2D eigenvalue weighted by atomic mass is 10.4. The minimum atomic E-state index is 1.32. The third kappa shape index (κ3) is 2.65. The number of hydrogen-bond donors (Lipinski definition) is 0. The summed E-state index contributed by atoms with van der Waals surface area (Å²) in [4.78, 5) is 1.32. The normalized spacial score (nSPS) is 8.50. The van der Waals surface area contributed by atoms with Crippen LogP contribution in [0.2, 0.25) is 0 Å². The van der Waals surface area contributed by atoms with E-state index in [1.807, 2.05) is 30.3 Å². The molecule has 0 radical (unpaired) electrons. The van der Waals surface area contributed by atoms with Crippen LogP contribution < -0.4 is 0 Å². The van der Waals surface area contributed by atoms with Crippen LogP contribution in [0.25, 0.3) is 0 Å². The Morgan fingerprint density at radius 3 is 2.60 bits per heavy atom. The van der Waals surface area contributed by atoms with E-state index in [2.05, 4.69) is 18.4 Å². The maximum atomic E-state index is 2.10. The molecule has 1 aromatic heterocycles. The molecule has 0 saturated heterocycles. The summed E-state index contributed by atoms with van der Waals surface area (Å²) in [5.74, 6) is 0. The third-order valence-electron chi connectivity index (χ3n) is 1.11. The van der Waals surface area contributed by atoms with E-state index in [9.17, 15) is 0 Å². The average molecular weight is 150 g/mol. The fourth-order valence-electron chi connectivity index (χ4n) is 0.615. The molecule has 0 atom stereocenters. The van der Waals surface area contributed by atoms with Crippen molar-refractivity contribution < 1.29 is 0 Å². The zero-order valence-corrected chi connectivity index (χ0v) is 6.77. The van der Waals surface area contributed by atoms with Crippen molar-refractivity contribution in [3.63, 3.8) is 0 Å². The molecule has 0 aliphatic rings. The number of rotatable bonds is 0. The minimum absolute atomic E-state index is 1.32. The van der Waals surface area contributed by atoms with Crippen LogP contribution in [0.4, 0.5) is 0 Å². The first-order valence-electron chi connectivity index (χ1n) is 3.23. The molecule has 0 spiro atoms. The fourth-order valence-corrected chi connectivity index (χ4v) is 1.16. The van der Waals surface area contributed by atoms with Gasteiger partial charge >= 0.3 is 0 Å². The lowest BCUT2D eigenvalue weighted by Crippen LogP contribution is -1.51. The van der Waals surface area contributed by atoms with Gasteiger partial charge in [0.05, 0.1) is 0 Å². The van der Waals surface area contributed by atoms with Gasteiger partial charge in [0.15, 0.2) is 0 Å². The molecule has 0 unspecified atom stereocenters. The molecule has 1 rings (SSSR count). The van der Waals surface area contributed by atoms with Crippen LogP contribution in [-0.4, -0.2) is 0 Å². The second kappa shape index (κ2) is 4.07. The predicted octanol–water partition coefficient (Wildman–Crippen LogP) is 3.18. The number of aryl methyl sites for hydroxylation is 1. The maximum Gasteiger partial charge on any atom is 0.00139 e. The molecule has 0 nitrogen and oxygen atoms in total. The second-order valence-electron chi connectivity index (χ2n) is 1.99. The fraction of sp³-hybridized carbons (Fsp3) is 0.111. The molecule has 0 bridgehead atoms. The second-order valence-corrected chi connectivity index (χ2v) is 3.15. The van der Waals surface area contributed by atoms with E-state index in [0.717, 1.165) is 0 Å². The topological polar surface area (TPSA) is 0 Å². The van der Waals surface area contributed by atoms with Gasteiger partial charge in [-0.25, -0.2) is 0 Å². The van der Waals surface area contributed by atoms with Crippen molar-refractivity contribution in [3.8, 4) is 0 Å². The summed E-state index contributed by atoms with van der Waals surface area (Å²) in [5.41, 5.74) is 0. The van der Waals surface area contributed by atoms with Gasteiger partial charge in [0, 0.05) is 4.88 Å². The lowest BCUT2D eigenvalue weighted by Gasteiger charge is -1.76. The van der Waals surface area contributed by atoms with Crippen LogP contribution in [0.3, 0.4) is 0 Å². The standard InChI is InChI=1S/C9H10S/c1-9-7-5-3-2-4-6-8-10-9/h2-8H,1H3. The Kier molecular flexibility index (Phi) is 2.97. The summed E-state index contributed by atoms with van der Waals surface area (Å²) in [7, 11) is 0. The Bertz CT molecular complexity index is 212. The quantitative estimate of drug-likeness (QED) is 0.533. The van der Waals surface area contributed by atoms with E-state index >= 15 is 0 Å². The van der Waals surface area contributed by atoms with Crippen LogP contribution in [0.15, 0.2) is 41.8 Å². The molecule has 0 saturated carbocycles. The Hall–Kier alpha value is -0.820. The van der Waals surface area contributed by atoms with Crippen molar-refractivity contribution in [2.75, 3.05) is 0 Å². The monoisotopic (exact) mass is 150 g/mol. The summed E-state index contributed by atoms with van der Waals surface area (Å²) in [6.07, 6.45) is 0. The van der Waals surface area contributed by atoms with Crippen LogP contribution in [0.5, 0.6) is 0 Å². The van der Waals surface area contributed by atoms with Gasteiger partial charge in [-0.2, -0.15) is 0 Å². The van der Waals surface area contributed by atoms with E-state index in [1.165, 1.54) is 4.88 Å². The SMILES string of the molecule is Cc1cccccccs1. The molecule has 10 heavy (non-hydrogen) atoms. The summed E-state index contributed by atoms with van der Waals surface area (Å²) in [5, 5.41) is 2.08. The minimum Gasteiger partial charge on any atom is -0.149 e. The zero-order valence-electron chi connectivity index (χ0n) is 5.95. The summed E-state index contributed by atoms with van der Waals surface area (Å²) in [6, 6.07) is 12.3. The smallest absolute Gasteiger partial charge is 0.00139 e. The van der Waals surface area contributed by atoms with Gasteiger partial charge in [-0.05, 0) is 18.4 Å². The molecule has 0 fully saturated rings. The first kappa shape index (κ1) is 7.29. The highest BCUT2D eigenvalue weighted by atomic mass is 32.1. The molecule has 0 aliphatic heterocycles. The van der Waals surface area contributed by atoms with Crippen molar-refractivity contribution in [3.05, 3.63) is 46.7 Å². The summed E-state index contributed by atoms with van der Waals surface area (Å²) < 4.78 is 0. The van der Waals surface area contributed by atoms with Crippen LogP contribution >= 0.6 is 11.3 Å². The molecular weight excluding hydrogens is 140 g/mol. The van der Waals surface area contributed by atoms with Crippen molar-refractivity contribution >= 4 is 11.3 Å². The molecule has 0 amide bonds. The van der Waals surface area contributed by atoms with E-state index in [-0.39, 0.29) is 0 Å². The van der Waals surface area contributed by atoms with Gasteiger partial charge in [0.25, 0.3) is 0 Å². The van der Waals surface area contributed by atoms with Gasteiger partial charge in [-0.1, -0.05) is 30.3 Å². The van der Waals surface area contributed by atoms with E-state index < -0.39 is 0 Å². The molecular formula is C9H10S. The van der Waals surface area contributed by atoms with Crippen LogP contribution in [0, 0.1) is 6.92 Å². The average Bonchev–Trinajstić information content (AvgIpc) is 2.02. The van der Waals surface area contributed by atoms with Gasteiger partial charge < -0.3 is 0 Å². The van der Waals surface area contributed by atoms with Crippen LogP contribution in [-0.2, 0) is 0 Å². The Balaban J connectivity index is 3.13. The molecule has 0 aromatic carbocycles. The highest BCUT2D eigenvalue weighted by molar-refractivity contribution is 7.09. The largest absolute Gasteiger partial charge is 0.149 e. The van der Waals surface area contributed by atoms with Gasteiger partial charge in [-0.3, -0.25) is 0 Å². The molecule has 52 valence electrons. The first-order valence-corrected chi connectivity index (χ1v) is 4.11. The van der Waals surface area contributed by atoms with E-state index in [4.69, 9.17) is 0 Å². The molecule has 1 heteroatoms. The predicted molar refractivity (Wildman–Crippen MR) is 46.7 cm³/mol. The van der Waals surface area contributed by atoms with Gasteiger partial charge in [-0.15, -0.1) is 11.3 Å². The molecule has 1 heterocycles. The Labute approximate surface area is 65.5 Å². The van der Waals surface area contributed by atoms with Gasteiger partial charge in [0.1, 0.15) is 0 Å². The Morgan fingerprint density at radius 1 is 1.00 bits per heavy atom. The Morgan fingerprint density at radius 2 is 1.70 bits per heavy atom. The molecule has 0 aliphatic carbocycles. The molecule has 1 aromatic rings. The van der Waals surface area contributed by atoms with E-state index in [0.29, 0.717) is 0 Å². The van der Waals surface area contributed by atoms with E-state index in [1.54, 1.807) is 11.3 Å². The third-order valence-corrected chi connectivity index (χ3v) is 1.91. The van der Waals surface area contributed by atoms with Crippen molar-refractivity contribution in [2.45, 2.75) is 6.92 Å². The maximum absolute atomic E-state index is 2.10. The van der Waals surface area contributed by atoms with Crippen molar-refractivity contribution in [1.29, 1.82) is 0 Å². The summed E-state index contributed by atoms with van der Waals surface area (Å²) in [6.45, 7) is 2.10. The summed E-state index contributed by atoms with van der Waals surface area (Å²) >= 11 is 1.74.